The van der Waals surface area contributed by atoms with Gasteiger partial charge in [0, 0.05) is 18.8 Å². The van der Waals surface area contributed by atoms with Crippen LogP contribution in [0.25, 0.3) is 0 Å². The molecule has 1 amide bonds. The number of likely N-dealkylation sites (tertiary alicyclic amines) is 1. The molecule has 1 aliphatic heterocycles. The number of nitrogens with two attached hydrogens (primary N) is 1. The van der Waals surface area contributed by atoms with E-state index in [1.54, 1.807) is 12.1 Å². The number of anilines is 1. The van der Waals surface area contributed by atoms with E-state index in [-0.39, 0.29) is 11.9 Å². The third-order valence-electron chi connectivity index (χ3n) is 3.47. The minimum absolute atomic E-state index is 0.0658. The molecule has 1 aliphatic rings. The van der Waals surface area contributed by atoms with E-state index in [1.165, 1.54) is 6.20 Å². The molecule has 0 aromatic carbocycles. The quantitative estimate of drug-likeness (QED) is 0.809. The van der Waals surface area contributed by atoms with Crippen LogP contribution in [-0.2, 0) is 0 Å². The third kappa shape index (κ3) is 2.98. The molecule has 1 aromatic rings. The van der Waals surface area contributed by atoms with Gasteiger partial charge in [-0.3, -0.25) is 4.79 Å². The van der Waals surface area contributed by atoms with Gasteiger partial charge in [-0.25, -0.2) is 4.98 Å². The summed E-state index contributed by atoms with van der Waals surface area (Å²) in [6, 6.07) is 3.59. The number of nitrogens with one attached hydrogen (secondary N) is 1. The van der Waals surface area contributed by atoms with Gasteiger partial charge in [0.05, 0.1) is 5.56 Å². The van der Waals surface area contributed by atoms with Gasteiger partial charge in [-0.15, -0.1) is 0 Å². The van der Waals surface area contributed by atoms with Crippen molar-refractivity contribution in [1.82, 2.24) is 15.2 Å². The Morgan fingerprint density at radius 2 is 2.33 bits per heavy atom. The second kappa shape index (κ2) is 5.35. The highest BCUT2D eigenvalue weighted by Crippen LogP contribution is 2.16. The van der Waals surface area contributed by atoms with Gasteiger partial charge < -0.3 is 16.0 Å². The van der Waals surface area contributed by atoms with Crippen molar-refractivity contribution >= 4 is 11.7 Å². The highest BCUT2D eigenvalue weighted by atomic mass is 16.1. The summed E-state index contributed by atoms with van der Waals surface area (Å²) in [5.74, 6) is 0.831. The molecule has 0 spiro atoms. The number of amides is 1. The molecule has 2 unspecified atom stereocenters. The van der Waals surface area contributed by atoms with Crippen molar-refractivity contribution in [3.8, 4) is 0 Å². The van der Waals surface area contributed by atoms with E-state index in [1.807, 2.05) is 0 Å². The molecule has 3 N–H and O–H groups in total. The van der Waals surface area contributed by atoms with Gasteiger partial charge in [0.1, 0.15) is 5.82 Å². The zero-order valence-corrected chi connectivity index (χ0v) is 10.9. The Balaban J connectivity index is 1.97. The lowest BCUT2D eigenvalue weighted by Crippen LogP contribution is -2.48. The van der Waals surface area contributed by atoms with E-state index in [0.29, 0.717) is 17.3 Å². The molecule has 5 nitrogen and oxygen atoms in total. The topological polar surface area (TPSA) is 71.2 Å². The molecular formula is C13H20N4O. The molecule has 1 fully saturated rings. The molecule has 5 heteroatoms. The van der Waals surface area contributed by atoms with Crippen LogP contribution in [0.2, 0.25) is 0 Å². The largest absolute Gasteiger partial charge is 0.384 e. The van der Waals surface area contributed by atoms with E-state index in [2.05, 4.69) is 29.2 Å². The molecule has 2 rings (SSSR count). The first-order valence-electron chi connectivity index (χ1n) is 6.27. The molecular weight excluding hydrogens is 228 g/mol. The predicted molar refractivity (Wildman–Crippen MR) is 71.2 cm³/mol. The number of rotatable bonds is 2. The van der Waals surface area contributed by atoms with Gasteiger partial charge in [-0.2, -0.15) is 0 Å². The fraction of sp³-hybridized carbons (Fsp3) is 0.538. The molecule has 0 radical (unpaired) electrons. The lowest BCUT2D eigenvalue weighted by atomic mass is 9.94. The number of hydrogen-bond donors (Lipinski definition) is 2. The second-order valence-corrected chi connectivity index (χ2v) is 5.08. The molecule has 1 aromatic heterocycles. The molecule has 0 saturated carbocycles. The van der Waals surface area contributed by atoms with Crippen LogP contribution in [0.5, 0.6) is 0 Å². The first kappa shape index (κ1) is 12.8. The van der Waals surface area contributed by atoms with Crippen molar-refractivity contribution in [2.24, 2.45) is 5.92 Å². The standard InChI is InChI=1S/C13H20N4O/c1-9-8-17(2)6-5-11(9)16-13(18)10-3-4-12(14)15-7-10/h3-4,7,9,11H,5-6,8H2,1-2H3,(H2,14,15)(H,16,18). The summed E-state index contributed by atoms with van der Waals surface area (Å²) in [7, 11) is 2.11. The van der Waals surface area contributed by atoms with Gasteiger partial charge in [0.25, 0.3) is 5.91 Å². The minimum atomic E-state index is -0.0658. The summed E-state index contributed by atoms with van der Waals surface area (Å²) in [4.78, 5) is 18.3. The van der Waals surface area contributed by atoms with Crippen molar-refractivity contribution in [1.29, 1.82) is 0 Å². The summed E-state index contributed by atoms with van der Waals surface area (Å²) in [5, 5.41) is 3.08. The Hall–Kier alpha value is -1.62. The van der Waals surface area contributed by atoms with Gasteiger partial charge in [-0.1, -0.05) is 6.92 Å². The highest BCUT2D eigenvalue weighted by Gasteiger charge is 2.25. The number of carbonyl (C=O) groups excluding carboxylic acids is 1. The maximum absolute atomic E-state index is 12.0. The van der Waals surface area contributed by atoms with E-state index in [0.717, 1.165) is 19.5 Å². The van der Waals surface area contributed by atoms with Gasteiger partial charge in [0.2, 0.25) is 0 Å². The van der Waals surface area contributed by atoms with Crippen LogP contribution in [0.1, 0.15) is 23.7 Å². The van der Waals surface area contributed by atoms with E-state index >= 15 is 0 Å². The average Bonchev–Trinajstić information content (AvgIpc) is 2.33. The smallest absolute Gasteiger partial charge is 0.253 e. The van der Waals surface area contributed by atoms with Gasteiger partial charge in [0.15, 0.2) is 0 Å². The number of nitrogens with zero attached hydrogens (tertiary/aromatic N) is 2. The van der Waals surface area contributed by atoms with Gasteiger partial charge >= 0.3 is 0 Å². The fourth-order valence-electron chi connectivity index (χ4n) is 2.36. The fourth-order valence-corrected chi connectivity index (χ4v) is 2.36. The minimum Gasteiger partial charge on any atom is -0.384 e. The Labute approximate surface area is 107 Å². The van der Waals surface area contributed by atoms with Gasteiger partial charge in [-0.05, 0) is 38.1 Å². The van der Waals surface area contributed by atoms with E-state index in [9.17, 15) is 4.79 Å². The molecule has 0 bridgehead atoms. The van der Waals surface area contributed by atoms with Crippen molar-refractivity contribution in [3.05, 3.63) is 23.9 Å². The maximum Gasteiger partial charge on any atom is 0.253 e. The number of pyridine rings is 1. The number of carbonyl (C=O) groups is 1. The van der Waals surface area contributed by atoms with Crippen molar-refractivity contribution in [2.75, 3.05) is 25.9 Å². The lowest BCUT2D eigenvalue weighted by Gasteiger charge is -2.35. The van der Waals surface area contributed by atoms with E-state index < -0.39 is 0 Å². The van der Waals surface area contributed by atoms with Crippen molar-refractivity contribution in [2.45, 2.75) is 19.4 Å². The second-order valence-electron chi connectivity index (χ2n) is 5.08. The van der Waals surface area contributed by atoms with Crippen molar-refractivity contribution < 1.29 is 4.79 Å². The normalized spacial score (nSPS) is 24.8. The summed E-state index contributed by atoms with van der Waals surface area (Å²) in [6.45, 7) is 4.21. The Morgan fingerprint density at radius 3 is 2.94 bits per heavy atom. The maximum atomic E-state index is 12.0. The molecule has 1 saturated heterocycles. The first-order valence-corrected chi connectivity index (χ1v) is 6.27. The molecule has 98 valence electrons. The monoisotopic (exact) mass is 248 g/mol. The predicted octanol–water partition coefficient (Wildman–Crippen LogP) is 0.734. The summed E-state index contributed by atoms with van der Waals surface area (Å²) in [5.41, 5.74) is 6.07. The summed E-state index contributed by atoms with van der Waals surface area (Å²) in [6.07, 6.45) is 2.51. The zero-order valence-electron chi connectivity index (χ0n) is 10.9. The number of nitrogen functional groups attached to an aromatic ring is 1. The van der Waals surface area contributed by atoms with Crippen LogP contribution in [0.3, 0.4) is 0 Å². The summed E-state index contributed by atoms with van der Waals surface area (Å²) < 4.78 is 0. The molecule has 2 atom stereocenters. The van der Waals surface area contributed by atoms with Crippen LogP contribution in [0.4, 0.5) is 5.82 Å². The summed E-state index contributed by atoms with van der Waals surface area (Å²) >= 11 is 0. The van der Waals surface area contributed by atoms with Crippen LogP contribution in [0.15, 0.2) is 18.3 Å². The Kier molecular flexibility index (Phi) is 3.81. The SMILES string of the molecule is CC1CN(C)CCC1NC(=O)c1ccc(N)nc1. The molecule has 2 heterocycles. The first-order chi connectivity index (χ1) is 8.56. The Bertz CT molecular complexity index is 418. The highest BCUT2D eigenvalue weighted by molar-refractivity contribution is 5.94. The molecule has 18 heavy (non-hydrogen) atoms. The number of hydrogen-bond acceptors (Lipinski definition) is 4. The van der Waals surface area contributed by atoms with Crippen LogP contribution in [0, 0.1) is 5.92 Å². The molecule has 0 aliphatic carbocycles. The van der Waals surface area contributed by atoms with Crippen LogP contribution in [-0.4, -0.2) is 42.0 Å². The zero-order chi connectivity index (χ0) is 13.1. The van der Waals surface area contributed by atoms with Crippen LogP contribution >= 0.6 is 0 Å². The number of aromatic nitrogens is 1. The van der Waals surface area contributed by atoms with E-state index in [4.69, 9.17) is 5.73 Å². The Morgan fingerprint density at radius 1 is 1.56 bits per heavy atom. The third-order valence-corrected chi connectivity index (χ3v) is 3.47. The van der Waals surface area contributed by atoms with Crippen LogP contribution < -0.4 is 11.1 Å². The average molecular weight is 248 g/mol. The number of piperidine rings is 1. The lowest BCUT2D eigenvalue weighted by molar-refractivity contribution is 0.0883. The van der Waals surface area contributed by atoms with Crippen molar-refractivity contribution in [3.63, 3.8) is 0 Å².